The summed E-state index contributed by atoms with van der Waals surface area (Å²) in [7, 11) is 0. The molecule has 5 heteroatoms. The lowest BCUT2D eigenvalue weighted by atomic mass is 10.2. The highest BCUT2D eigenvalue weighted by Gasteiger charge is 2.21. The van der Waals surface area contributed by atoms with Gasteiger partial charge in [0.2, 0.25) is 0 Å². The second-order valence-corrected chi connectivity index (χ2v) is 5.29. The van der Waals surface area contributed by atoms with Crippen LogP contribution < -0.4 is 10.4 Å². The largest absolute Gasteiger partial charge is 0.277 e. The molecule has 0 atom stereocenters. The van der Waals surface area contributed by atoms with Gasteiger partial charge in [-0.25, -0.2) is 9.40 Å². The molecule has 0 saturated carbocycles. The molecule has 0 aliphatic rings. The zero-order valence-corrected chi connectivity index (χ0v) is 13.2. The first-order valence-corrected chi connectivity index (χ1v) is 7.66. The minimum absolute atomic E-state index is 0.234. The maximum Gasteiger partial charge on any atom is 0.277 e. The first-order chi connectivity index (χ1) is 12.1. The van der Waals surface area contributed by atoms with E-state index in [0.717, 1.165) is 5.01 Å². The summed E-state index contributed by atoms with van der Waals surface area (Å²) in [5, 5.41) is 1.05. The minimum atomic E-state index is -0.502. The van der Waals surface area contributed by atoms with Gasteiger partial charge < -0.3 is 0 Å². The number of rotatable bonds is 3. The number of hydrogen-bond donors (Lipinski definition) is 1. The van der Waals surface area contributed by atoms with Crippen LogP contribution in [-0.2, 0) is 0 Å². The van der Waals surface area contributed by atoms with Crippen molar-refractivity contribution in [3.63, 3.8) is 0 Å². The van der Waals surface area contributed by atoms with Crippen LogP contribution in [0.15, 0.2) is 84.9 Å². The molecule has 0 unspecified atom stereocenters. The number of nitrogens with one attached hydrogen (secondary N) is 1. The third-order valence-electron chi connectivity index (χ3n) is 3.54. The predicted octanol–water partition coefficient (Wildman–Crippen LogP) is 3.82. The lowest BCUT2D eigenvalue weighted by Crippen LogP contribution is -2.46. The van der Waals surface area contributed by atoms with Gasteiger partial charge in [0.25, 0.3) is 11.8 Å². The monoisotopic (exact) mass is 334 g/mol. The SMILES string of the molecule is O=C(NN(C(=O)c1ccccc1)c1cccc(F)c1)c1ccccc1. The molecule has 1 N–H and O–H groups in total. The van der Waals surface area contributed by atoms with Crippen LogP contribution in [0, 0.1) is 5.82 Å². The van der Waals surface area contributed by atoms with E-state index in [0.29, 0.717) is 11.1 Å². The molecule has 0 aliphatic carbocycles. The summed E-state index contributed by atoms with van der Waals surface area (Å²) >= 11 is 0. The van der Waals surface area contributed by atoms with E-state index < -0.39 is 17.6 Å². The fourth-order valence-corrected chi connectivity index (χ4v) is 2.31. The van der Waals surface area contributed by atoms with E-state index in [-0.39, 0.29) is 5.69 Å². The molecule has 0 aromatic heterocycles. The molecule has 4 nitrogen and oxygen atoms in total. The van der Waals surface area contributed by atoms with Crippen molar-refractivity contribution in [1.82, 2.24) is 5.43 Å². The van der Waals surface area contributed by atoms with Crippen molar-refractivity contribution in [1.29, 1.82) is 0 Å². The van der Waals surface area contributed by atoms with Crippen LogP contribution in [0.5, 0.6) is 0 Å². The number of hydrogen-bond acceptors (Lipinski definition) is 2. The van der Waals surface area contributed by atoms with Gasteiger partial charge in [-0.1, -0.05) is 42.5 Å². The Bertz CT molecular complexity index is 882. The van der Waals surface area contributed by atoms with Crippen molar-refractivity contribution in [2.24, 2.45) is 0 Å². The van der Waals surface area contributed by atoms with Gasteiger partial charge in [0.1, 0.15) is 5.82 Å². The fourth-order valence-electron chi connectivity index (χ4n) is 2.31. The Kier molecular flexibility index (Phi) is 4.85. The zero-order valence-electron chi connectivity index (χ0n) is 13.2. The normalized spacial score (nSPS) is 10.1. The minimum Gasteiger partial charge on any atom is -0.267 e. The molecule has 124 valence electrons. The highest BCUT2D eigenvalue weighted by molar-refractivity contribution is 6.09. The van der Waals surface area contributed by atoms with Crippen LogP contribution in [0.2, 0.25) is 0 Å². The average molecular weight is 334 g/mol. The van der Waals surface area contributed by atoms with Gasteiger partial charge in [0.05, 0.1) is 5.69 Å². The van der Waals surface area contributed by atoms with Crippen molar-refractivity contribution in [3.05, 3.63) is 102 Å². The highest BCUT2D eigenvalue weighted by Crippen LogP contribution is 2.17. The van der Waals surface area contributed by atoms with E-state index in [4.69, 9.17) is 0 Å². The van der Waals surface area contributed by atoms with Crippen LogP contribution in [-0.4, -0.2) is 11.8 Å². The molecule has 2 amide bonds. The second kappa shape index (κ2) is 7.40. The van der Waals surface area contributed by atoms with Crippen molar-refractivity contribution >= 4 is 17.5 Å². The third kappa shape index (κ3) is 3.90. The number of benzene rings is 3. The van der Waals surface area contributed by atoms with Crippen LogP contribution in [0.3, 0.4) is 0 Å². The van der Waals surface area contributed by atoms with Gasteiger partial charge in [-0.2, -0.15) is 0 Å². The maximum atomic E-state index is 13.6. The zero-order chi connectivity index (χ0) is 17.6. The van der Waals surface area contributed by atoms with Gasteiger partial charge in [0.15, 0.2) is 0 Å². The quantitative estimate of drug-likeness (QED) is 0.740. The fraction of sp³-hybridized carbons (Fsp3) is 0. The molecule has 0 fully saturated rings. The number of carbonyl (C=O) groups excluding carboxylic acids is 2. The number of halogens is 1. The van der Waals surface area contributed by atoms with E-state index in [1.165, 1.54) is 18.2 Å². The lowest BCUT2D eigenvalue weighted by molar-refractivity contribution is 0.0887. The molecule has 0 heterocycles. The number of amides is 2. The van der Waals surface area contributed by atoms with Crippen molar-refractivity contribution < 1.29 is 14.0 Å². The molecule has 3 aromatic carbocycles. The Morgan fingerprint density at radius 2 is 1.36 bits per heavy atom. The number of nitrogens with zero attached hydrogens (tertiary/aromatic N) is 1. The molecular formula is C20H15FN2O2. The average Bonchev–Trinajstić information content (AvgIpc) is 2.67. The second-order valence-electron chi connectivity index (χ2n) is 5.29. The summed E-state index contributed by atoms with van der Waals surface area (Å²) in [6, 6.07) is 22.5. The van der Waals surface area contributed by atoms with E-state index >= 15 is 0 Å². The number of carbonyl (C=O) groups is 2. The van der Waals surface area contributed by atoms with Crippen LogP contribution in [0.4, 0.5) is 10.1 Å². The highest BCUT2D eigenvalue weighted by atomic mass is 19.1. The Hall–Kier alpha value is -3.47. The van der Waals surface area contributed by atoms with Crippen molar-refractivity contribution in [3.8, 4) is 0 Å². The smallest absolute Gasteiger partial charge is 0.267 e. The van der Waals surface area contributed by atoms with E-state index in [9.17, 15) is 14.0 Å². The summed E-state index contributed by atoms with van der Waals surface area (Å²) in [5.41, 5.74) is 3.56. The molecule has 0 saturated heterocycles. The predicted molar refractivity (Wildman–Crippen MR) is 93.6 cm³/mol. The van der Waals surface area contributed by atoms with E-state index in [1.54, 1.807) is 66.7 Å². The molecule has 0 spiro atoms. The van der Waals surface area contributed by atoms with Crippen LogP contribution in [0.1, 0.15) is 20.7 Å². The third-order valence-corrected chi connectivity index (χ3v) is 3.54. The van der Waals surface area contributed by atoms with E-state index in [1.807, 2.05) is 0 Å². The molecule has 0 bridgehead atoms. The topological polar surface area (TPSA) is 49.4 Å². The Morgan fingerprint density at radius 3 is 1.96 bits per heavy atom. The van der Waals surface area contributed by atoms with Crippen LogP contribution in [0.25, 0.3) is 0 Å². The van der Waals surface area contributed by atoms with E-state index in [2.05, 4.69) is 5.43 Å². The van der Waals surface area contributed by atoms with Gasteiger partial charge in [0, 0.05) is 11.1 Å². The maximum absolute atomic E-state index is 13.6. The molecule has 25 heavy (non-hydrogen) atoms. The first-order valence-electron chi connectivity index (χ1n) is 7.66. The lowest BCUT2D eigenvalue weighted by Gasteiger charge is -2.23. The van der Waals surface area contributed by atoms with Gasteiger partial charge in [-0.3, -0.25) is 15.0 Å². The first kappa shape index (κ1) is 16.4. The van der Waals surface area contributed by atoms with Crippen molar-refractivity contribution in [2.45, 2.75) is 0 Å². The summed E-state index contributed by atoms with van der Waals surface area (Å²) < 4.78 is 13.6. The summed E-state index contributed by atoms with van der Waals surface area (Å²) in [6.07, 6.45) is 0. The molecular weight excluding hydrogens is 319 g/mol. The Labute approximate surface area is 144 Å². The molecule has 0 radical (unpaired) electrons. The van der Waals surface area contributed by atoms with Gasteiger partial charge in [-0.15, -0.1) is 0 Å². The van der Waals surface area contributed by atoms with Crippen molar-refractivity contribution in [2.75, 3.05) is 5.01 Å². The standard InChI is InChI=1S/C20H15FN2O2/c21-17-12-7-13-18(14-17)23(20(25)16-10-5-2-6-11-16)22-19(24)15-8-3-1-4-9-15/h1-14H,(H,22,24). The molecule has 3 rings (SSSR count). The molecule has 3 aromatic rings. The summed E-state index contributed by atoms with van der Waals surface area (Å²) in [5.74, 6) is -1.43. The Morgan fingerprint density at radius 1 is 0.760 bits per heavy atom. The Balaban J connectivity index is 1.95. The number of anilines is 1. The number of hydrazine groups is 1. The molecule has 0 aliphatic heterocycles. The van der Waals surface area contributed by atoms with Gasteiger partial charge >= 0.3 is 0 Å². The van der Waals surface area contributed by atoms with Gasteiger partial charge in [-0.05, 0) is 42.5 Å². The summed E-state index contributed by atoms with van der Waals surface area (Å²) in [6.45, 7) is 0. The summed E-state index contributed by atoms with van der Waals surface area (Å²) in [4.78, 5) is 25.3. The van der Waals surface area contributed by atoms with Crippen LogP contribution >= 0.6 is 0 Å².